The number of hydrogen-bond acceptors (Lipinski definition) is 2. The first-order valence-electron chi connectivity index (χ1n) is 7.70. The fraction of sp³-hybridized carbons (Fsp3) is 0.200. The zero-order valence-corrected chi connectivity index (χ0v) is 13.4. The monoisotopic (exact) mass is 304 g/mol. The molecule has 0 bridgehead atoms. The second-order valence-corrected chi connectivity index (χ2v) is 5.37. The first-order chi connectivity index (χ1) is 11.1. The zero-order valence-electron chi connectivity index (χ0n) is 13.4. The number of amides is 1. The van der Waals surface area contributed by atoms with Crippen LogP contribution in [0.3, 0.4) is 0 Å². The smallest absolute Gasteiger partial charge is 0.262 e. The van der Waals surface area contributed by atoms with E-state index in [1.54, 1.807) is 6.08 Å². The molecule has 0 spiro atoms. The van der Waals surface area contributed by atoms with Gasteiger partial charge in [0.2, 0.25) is 0 Å². The number of benzene rings is 2. The van der Waals surface area contributed by atoms with Crippen molar-refractivity contribution >= 4 is 12.0 Å². The second-order valence-electron chi connectivity index (χ2n) is 5.37. The van der Waals surface area contributed by atoms with Gasteiger partial charge in [-0.25, -0.2) is 0 Å². The number of nitrogens with zero attached hydrogens (tertiary/aromatic N) is 1. The largest absolute Gasteiger partial charge is 0.345 e. The minimum Gasteiger partial charge on any atom is -0.345 e. The molecule has 0 aliphatic heterocycles. The Morgan fingerprint density at radius 2 is 1.83 bits per heavy atom. The van der Waals surface area contributed by atoms with E-state index in [1.165, 1.54) is 5.56 Å². The van der Waals surface area contributed by atoms with Crippen molar-refractivity contribution in [2.24, 2.45) is 0 Å². The first-order valence-corrected chi connectivity index (χ1v) is 7.70. The van der Waals surface area contributed by atoms with Gasteiger partial charge in [-0.1, -0.05) is 61.5 Å². The van der Waals surface area contributed by atoms with Gasteiger partial charge >= 0.3 is 0 Å². The number of nitriles is 1. The molecule has 116 valence electrons. The van der Waals surface area contributed by atoms with Crippen LogP contribution in [0.15, 0.2) is 60.2 Å². The predicted octanol–water partition coefficient (Wildman–Crippen LogP) is 4.03. The number of carbonyl (C=O) groups is 1. The first kappa shape index (κ1) is 16.5. The lowest BCUT2D eigenvalue weighted by Crippen LogP contribution is -2.27. The summed E-state index contributed by atoms with van der Waals surface area (Å²) in [6.45, 7) is 3.99. The maximum Gasteiger partial charge on any atom is 0.262 e. The van der Waals surface area contributed by atoms with Gasteiger partial charge in [-0.05, 0) is 36.1 Å². The van der Waals surface area contributed by atoms with Crippen LogP contribution >= 0.6 is 0 Å². The van der Waals surface area contributed by atoms with E-state index in [0.717, 1.165) is 17.5 Å². The van der Waals surface area contributed by atoms with Crippen LogP contribution in [0.4, 0.5) is 0 Å². The number of nitrogens with one attached hydrogen (secondary N) is 1. The van der Waals surface area contributed by atoms with Gasteiger partial charge in [0.1, 0.15) is 11.6 Å². The molecular weight excluding hydrogens is 284 g/mol. The van der Waals surface area contributed by atoms with Crippen LogP contribution in [0, 0.1) is 11.3 Å². The van der Waals surface area contributed by atoms with Crippen molar-refractivity contribution in [3.05, 3.63) is 76.9 Å². The summed E-state index contributed by atoms with van der Waals surface area (Å²) in [7, 11) is 0. The third-order valence-corrected chi connectivity index (χ3v) is 3.71. The Morgan fingerprint density at radius 3 is 2.39 bits per heavy atom. The SMILES string of the molecule is CCc1ccc(/C=C(/C#N)C(=O)N[C@H](C)c2ccccc2)cc1. The molecule has 0 radical (unpaired) electrons. The van der Waals surface area contributed by atoms with Gasteiger partial charge in [-0.3, -0.25) is 4.79 Å². The number of hydrogen-bond donors (Lipinski definition) is 1. The molecule has 3 nitrogen and oxygen atoms in total. The topological polar surface area (TPSA) is 52.9 Å². The Morgan fingerprint density at radius 1 is 1.17 bits per heavy atom. The van der Waals surface area contributed by atoms with Crippen molar-refractivity contribution in [3.63, 3.8) is 0 Å². The van der Waals surface area contributed by atoms with Crippen molar-refractivity contribution in [1.29, 1.82) is 5.26 Å². The van der Waals surface area contributed by atoms with Crippen LogP contribution in [-0.4, -0.2) is 5.91 Å². The third-order valence-electron chi connectivity index (χ3n) is 3.71. The summed E-state index contributed by atoms with van der Waals surface area (Å²) in [6, 6.07) is 19.4. The van der Waals surface area contributed by atoms with Crippen LogP contribution in [0.2, 0.25) is 0 Å². The van der Waals surface area contributed by atoms with Crippen molar-refractivity contribution in [3.8, 4) is 6.07 Å². The summed E-state index contributed by atoms with van der Waals surface area (Å²) in [5, 5.41) is 12.1. The van der Waals surface area contributed by atoms with Gasteiger partial charge in [0.15, 0.2) is 0 Å². The molecule has 0 aliphatic carbocycles. The van der Waals surface area contributed by atoms with E-state index < -0.39 is 0 Å². The Bertz CT molecular complexity index is 724. The maximum atomic E-state index is 12.3. The van der Waals surface area contributed by atoms with Crippen LogP contribution in [-0.2, 0) is 11.2 Å². The Labute approximate surface area is 137 Å². The lowest BCUT2D eigenvalue weighted by Gasteiger charge is -2.13. The molecule has 2 aromatic carbocycles. The van der Waals surface area contributed by atoms with Gasteiger partial charge in [0.05, 0.1) is 6.04 Å². The molecule has 2 aromatic rings. The van der Waals surface area contributed by atoms with Gasteiger partial charge in [-0.2, -0.15) is 5.26 Å². The van der Waals surface area contributed by atoms with Crippen LogP contribution in [0.25, 0.3) is 6.08 Å². The van der Waals surface area contributed by atoms with Gasteiger partial charge < -0.3 is 5.32 Å². The highest BCUT2D eigenvalue weighted by atomic mass is 16.1. The molecular formula is C20H20N2O. The van der Waals surface area contributed by atoms with E-state index in [2.05, 4.69) is 12.2 Å². The number of carbonyl (C=O) groups excluding carboxylic acids is 1. The zero-order chi connectivity index (χ0) is 16.7. The molecule has 3 heteroatoms. The highest BCUT2D eigenvalue weighted by Crippen LogP contribution is 2.14. The van der Waals surface area contributed by atoms with Gasteiger partial charge in [0.25, 0.3) is 5.91 Å². The molecule has 0 heterocycles. The third kappa shape index (κ3) is 4.55. The fourth-order valence-corrected chi connectivity index (χ4v) is 2.26. The van der Waals surface area contributed by atoms with Crippen molar-refractivity contribution in [2.45, 2.75) is 26.3 Å². The normalized spacial score (nSPS) is 12.3. The fourth-order valence-electron chi connectivity index (χ4n) is 2.26. The van der Waals surface area contributed by atoms with E-state index >= 15 is 0 Å². The van der Waals surface area contributed by atoms with E-state index in [-0.39, 0.29) is 17.5 Å². The minimum absolute atomic E-state index is 0.108. The molecule has 0 saturated heterocycles. The Hall–Kier alpha value is -2.86. The Kier molecular flexibility index (Phi) is 5.71. The molecule has 0 fully saturated rings. The van der Waals surface area contributed by atoms with Gasteiger partial charge in [0, 0.05) is 0 Å². The summed E-state index contributed by atoms with van der Waals surface area (Å²) in [5.41, 5.74) is 3.19. The summed E-state index contributed by atoms with van der Waals surface area (Å²) >= 11 is 0. The van der Waals surface area contributed by atoms with E-state index in [4.69, 9.17) is 0 Å². The number of aryl methyl sites for hydroxylation is 1. The second kappa shape index (κ2) is 7.95. The molecule has 0 unspecified atom stereocenters. The molecule has 0 saturated carbocycles. The maximum absolute atomic E-state index is 12.3. The summed E-state index contributed by atoms with van der Waals surface area (Å²) in [6.07, 6.45) is 2.58. The molecule has 0 aliphatic rings. The van der Waals surface area contributed by atoms with Crippen LogP contribution < -0.4 is 5.32 Å². The summed E-state index contributed by atoms with van der Waals surface area (Å²) in [4.78, 5) is 12.3. The highest BCUT2D eigenvalue weighted by Gasteiger charge is 2.13. The molecule has 23 heavy (non-hydrogen) atoms. The highest BCUT2D eigenvalue weighted by molar-refractivity contribution is 6.01. The lowest BCUT2D eigenvalue weighted by molar-refractivity contribution is -0.117. The van der Waals surface area contributed by atoms with Crippen molar-refractivity contribution in [1.82, 2.24) is 5.32 Å². The van der Waals surface area contributed by atoms with E-state index in [9.17, 15) is 10.1 Å². The molecule has 0 aromatic heterocycles. The predicted molar refractivity (Wildman–Crippen MR) is 92.4 cm³/mol. The molecule has 2 rings (SSSR count). The average molecular weight is 304 g/mol. The standard InChI is InChI=1S/C20H20N2O/c1-3-16-9-11-17(12-10-16)13-19(14-21)20(23)22-15(2)18-7-5-4-6-8-18/h4-13,15H,3H2,1-2H3,(H,22,23)/b19-13-/t15-/m1/s1. The average Bonchev–Trinajstić information content (AvgIpc) is 2.60. The van der Waals surface area contributed by atoms with Crippen molar-refractivity contribution < 1.29 is 4.79 Å². The molecule has 1 atom stereocenters. The minimum atomic E-state index is -0.358. The molecule has 1 N–H and O–H groups in total. The summed E-state index contributed by atoms with van der Waals surface area (Å²) < 4.78 is 0. The Balaban J connectivity index is 2.11. The van der Waals surface area contributed by atoms with Crippen molar-refractivity contribution in [2.75, 3.05) is 0 Å². The van der Waals surface area contributed by atoms with E-state index in [0.29, 0.717) is 0 Å². The van der Waals surface area contributed by atoms with Gasteiger partial charge in [-0.15, -0.1) is 0 Å². The molecule has 1 amide bonds. The lowest BCUT2D eigenvalue weighted by atomic mass is 10.1. The number of rotatable bonds is 5. The van der Waals surface area contributed by atoms with E-state index in [1.807, 2.05) is 67.6 Å². The van der Waals surface area contributed by atoms with Crippen LogP contribution in [0.1, 0.15) is 36.6 Å². The van der Waals surface area contributed by atoms with Crippen LogP contribution in [0.5, 0.6) is 0 Å². The summed E-state index contributed by atoms with van der Waals surface area (Å²) in [5.74, 6) is -0.358. The quantitative estimate of drug-likeness (QED) is 0.669.